The number of hydrogen-bond donors (Lipinski definition) is 1. The van der Waals surface area contributed by atoms with E-state index in [9.17, 15) is 4.79 Å². The summed E-state index contributed by atoms with van der Waals surface area (Å²) in [5, 5.41) is 13.9. The van der Waals surface area contributed by atoms with Gasteiger partial charge in [-0.05, 0) is 42.2 Å². The molecule has 0 spiro atoms. The van der Waals surface area contributed by atoms with Gasteiger partial charge in [-0.1, -0.05) is 25.4 Å². The average Bonchev–Trinajstić information content (AvgIpc) is 3.03. The number of aromatic nitrogens is 3. The van der Waals surface area contributed by atoms with Gasteiger partial charge >= 0.3 is 5.97 Å². The lowest BCUT2D eigenvalue weighted by Gasteiger charge is -2.08. The van der Waals surface area contributed by atoms with Gasteiger partial charge in [0.1, 0.15) is 0 Å². The number of aromatic carboxylic acids is 1. The van der Waals surface area contributed by atoms with Gasteiger partial charge in [0.15, 0.2) is 5.69 Å². The molecule has 0 aliphatic heterocycles. The zero-order valence-electron chi connectivity index (χ0n) is 13.2. The number of fused-ring (bicyclic) bond motifs is 1. The third-order valence-corrected chi connectivity index (χ3v) is 4.17. The summed E-state index contributed by atoms with van der Waals surface area (Å²) in [6, 6.07) is 5.62. The van der Waals surface area contributed by atoms with Gasteiger partial charge in [-0.25, -0.2) is 4.79 Å². The average molecular weight is 332 g/mol. The highest BCUT2D eigenvalue weighted by Crippen LogP contribution is 2.25. The van der Waals surface area contributed by atoms with Gasteiger partial charge in [0.05, 0.1) is 17.1 Å². The molecule has 0 atom stereocenters. The zero-order valence-corrected chi connectivity index (χ0v) is 14.0. The Morgan fingerprint density at radius 2 is 2.04 bits per heavy atom. The summed E-state index contributed by atoms with van der Waals surface area (Å²) in [4.78, 5) is 11.1. The van der Waals surface area contributed by atoms with E-state index in [-0.39, 0.29) is 5.69 Å². The van der Waals surface area contributed by atoms with Crippen LogP contribution in [0, 0.1) is 6.92 Å². The van der Waals surface area contributed by atoms with E-state index < -0.39 is 5.97 Å². The van der Waals surface area contributed by atoms with Crippen molar-refractivity contribution in [3.8, 4) is 0 Å². The minimum absolute atomic E-state index is 0.0544. The molecule has 0 aliphatic carbocycles. The molecule has 3 aromatic rings. The van der Waals surface area contributed by atoms with Crippen LogP contribution in [0.25, 0.3) is 5.52 Å². The predicted molar refractivity (Wildman–Crippen MR) is 89.5 cm³/mol. The number of rotatable bonds is 4. The number of aryl methyl sites for hydroxylation is 1. The highest BCUT2D eigenvalue weighted by molar-refractivity contribution is 6.30. The summed E-state index contributed by atoms with van der Waals surface area (Å²) in [5.74, 6) is -0.598. The molecule has 0 amide bonds. The van der Waals surface area contributed by atoms with Crippen LogP contribution in [0.2, 0.25) is 5.02 Å². The summed E-state index contributed by atoms with van der Waals surface area (Å²) in [6.45, 7) is 6.61. The molecule has 1 N–H and O–H groups in total. The van der Waals surface area contributed by atoms with Crippen LogP contribution in [0.4, 0.5) is 0 Å². The normalized spacial score (nSPS) is 11.5. The van der Waals surface area contributed by atoms with Crippen LogP contribution in [-0.4, -0.2) is 25.3 Å². The molecule has 0 radical (unpaired) electrons. The smallest absolute Gasteiger partial charge is 0.356 e. The number of carboxylic acids is 1. The van der Waals surface area contributed by atoms with E-state index in [1.165, 1.54) is 5.56 Å². The Balaban J connectivity index is 2.07. The van der Waals surface area contributed by atoms with Gasteiger partial charge < -0.3 is 9.51 Å². The molecule has 23 heavy (non-hydrogen) atoms. The van der Waals surface area contributed by atoms with E-state index in [1.807, 2.05) is 23.6 Å². The van der Waals surface area contributed by atoms with E-state index in [2.05, 4.69) is 31.2 Å². The molecule has 3 aromatic heterocycles. The molecule has 3 heterocycles. The Labute approximate surface area is 139 Å². The summed E-state index contributed by atoms with van der Waals surface area (Å²) < 4.78 is 3.71. The van der Waals surface area contributed by atoms with Gasteiger partial charge in [-0.15, -0.1) is 0 Å². The largest absolute Gasteiger partial charge is 0.476 e. The fraction of sp³-hybridized carbons (Fsp3) is 0.294. The maximum Gasteiger partial charge on any atom is 0.356 e. The SMILES string of the molecule is Cc1cc(C(=O)O)nn1Cc1cc(Cl)cn2cc(C(C)C)cc12. The van der Waals surface area contributed by atoms with Crippen molar-refractivity contribution >= 4 is 23.1 Å². The van der Waals surface area contributed by atoms with Gasteiger partial charge in [-0.3, -0.25) is 4.68 Å². The molecular weight excluding hydrogens is 314 g/mol. The Bertz CT molecular complexity index is 893. The number of nitrogens with zero attached hydrogens (tertiary/aromatic N) is 3. The van der Waals surface area contributed by atoms with Crippen LogP contribution >= 0.6 is 11.6 Å². The Morgan fingerprint density at radius 3 is 2.65 bits per heavy atom. The first-order valence-corrected chi connectivity index (χ1v) is 7.80. The summed E-state index contributed by atoms with van der Waals surface area (Å²) >= 11 is 6.23. The number of halogens is 1. The fourth-order valence-electron chi connectivity index (χ4n) is 2.65. The third kappa shape index (κ3) is 2.97. The van der Waals surface area contributed by atoms with Gasteiger partial charge in [0.2, 0.25) is 0 Å². The molecule has 3 rings (SSSR count). The van der Waals surface area contributed by atoms with Crippen molar-refractivity contribution in [2.75, 3.05) is 0 Å². The number of hydrogen-bond acceptors (Lipinski definition) is 2. The van der Waals surface area contributed by atoms with Crippen LogP contribution in [0.3, 0.4) is 0 Å². The van der Waals surface area contributed by atoms with Crippen molar-refractivity contribution in [2.24, 2.45) is 0 Å². The highest BCUT2D eigenvalue weighted by atomic mass is 35.5. The molecule has 0 saturated heterocycles. The van der Waals surface area contributed by atoms with Crippen LogP contribution in [0.15, 0.2) is 30.6 Å². The monoisotopic (exact) mass is 331 g/mol. The molecule has 6 heteroatoms. The van der Waals surface area contributed by atoms with Crippen LogP contribution in [0.5, 0.6) is 0 Å². The molecule has 0 unspecified atom stereocenters. The lowest BCUT2D eigenvalue weighted by Crippen LogP contribution is -2.07. The van der Waals surface area contributed by atoms with Crippen molar-refractivity contribution in [3.05, 3.63) is 58.1 Å². The van der Waals surface area contributed by atoms with Crippen molar-refractivity contribution in [2.45, 2.75) is 33.2 Å². The summed E-state index contributed by atoms with van der Waals surface area (Å²) in [6.07, 6.45) is 3.96. The highest BCUT2D eigenvalue weighted by Gasteiger charge is 2.13. The Hall–Kier alpha value is -2.27. The lowest BCUT2D eigenvalue weighted by molar-refractivity contribution is 0.0689. The molecule has 0 aromatic carbocycles. The summed E-state index contributed by atoms with van der Waals surface area (Å²) in [7, 11) is 0. The first kappa shape index (κ1) is 15.6. The van der Waals surface area contributed by atoms with Gasteiger partial charge in [0, 0.05) is 18.1 Å². The lowest BCUT2D eigenvalue weighted by atomic mass is 10.1. The molecule has 0 saturated carbocycles. The third-order valence-electron chi connectivity index (χ3n) is 3.96. The second-order valence-corrected chi connectivity index (χ2v) is 6.47. The van der Waals surface area contributed by atoms with Crippen molar-refractivity contribution in [1.82, 2.24) is 14.2 Å². The Morgan fingerprint density at radius 1 is 1.30 bits per heavy atom. The van der Waals surface area contributed by atoms with E-state index in [0.717, 1.165) is 16.8 Å². The van der Waals surface area contributed by atoms with Gasteiger partial charge in [0.25, 0.3) is 0 Å². The van der Waals surface area contributed by atoms with Gasteiger partial charge in [-0.2, -0.15) is 5.10 Å². The Kier molecular flexibility index (Phi) is 3.90. The maximum atomic E-state index is 11.1. The molecule has 0 aliphatic rings. The first-order valence-electron chi connectivity index (χ1n) is 7.43. The summed E-state index contributed by atoms with van der Waals surface area (Å²) in [5.41, 5.74) is 4.16. The molecular formula is C17H18ClN3O2. The van der Waals surface area contributed by atoms with Crippen molar-refractivity contribution < 1.29 is 9.90 Å². The minimum Gasteiger partial charge on any atom is -0.476 e. The minimum atomic E-state index is -1.02. The van der Waals surface area contributed by atoms with Crippen LogP contribution in [0.1, 0.15) is 47.1 Å². The quantitative estimate of drug-likeness (QED) is 0.787. The van der Waals surface area contributed by atoms with E-state index in [1.54, 1.807) is 10.7 Å². The zero-order chi connectivity index (χ0) is 16.7. The number of carboxylic acid groups (broad SMARTS) is 1. The molecule has 0 fully saturated rings. The van der Waals surface area contributed by atoms with Crippen molar-refractivity contribution in [3.63, 3.8) is 0 Å². The topological polar surface area (TPSA) is 59.5 Å². The second kappa shape index (κ2) is 5.74. The predicted octanol–water partition coefficient (Wildman–Crippen LogP) is 3.97. The van der Waals surface area contributed by atoms with E-state index in [4.69, 9.17) is 16.7 Å². The number of carbonyl (C=O) groups is 1. The standard InChI is InChI=1S/C17H18ClN3O2/c1-10(2)12-6-16-13(5-14(18)9-20(16)7-12)8-21-11(3)4-15(19-21)17(22)23/h4-7,9-10H,8H2,1-3H3,(H,22,23). The molecule has 0 bridgehead atoms. The van der Waals surface area contributed by atoms with E-state index in [0.29, 0.717) is 17.5 Å². The van der Waals surface area contributed by atoms with Crippen LogP contribution in [-0.2, 0) is 6.54 Å². The van der Waals surface area contributed by atoms with Crippen molar-refractivity contribution in [1.29, 1.82) is 0 Å². The van der Waals surface area contributed by atoms with E-state index >= 15 is 0 Å². The maximum absolute atomic E-state index is 11.1. The second-order valence-electron chi connectivity index (χ2n) is 6.04. The number of pyridine rings is 1. The molecule has 5 nitrogen and oxygen atoms in total. The molecule has 120 valence electrons. The van der Waals surface area contributed by atoms with Crippen LogP contribution < -0.4 is 0 Å². The first-order chi connectivity index (χ1) is 10.8. The fourth-order valence-corrected chi connectivity index (χ4v) is 2.89.